The quantitative estimate of drug-likeness (QED) is 0.627. The van der Waals surface area contributed by atoms with Crippen LogP contribution < -0.4 is 4.72 Å². The molecule has 1 aromatic heterocycles. The molecule has 1 N–H and O–H groups in total. The van der Waals surface area contributed by atoms with Crippen LogP contribution in [0.4, 0.5) is 5.69 Å². The molecule has 0 atom stereocenters. The van der Waals surface area contributed by atoms with E-state index in [1.165, 1.54) is 12.1 Å². The van der Waals surface area contributed by atoms with E-state index in [1.54, 1.807) is 43.3 Å². The van der Waals surface area contributed by atoms with Crippen LogP contribution in [-0.4, -0.2) is 37.8 Å². The number of aromatic nitrogens is 1. The fourth-order valence-electron chi connectivity index (χ4n) is 2.97. The summed E-state index contributed by atoms with van der Waals surface area (Å²) in [5.74, 6) is -0.226. The number of nitrogens with zero attached hydrogens (tertiary/aromatic N) is 2. The van der Waals surface area contributed by atoms with Crippen molar-refractivity contribution in [3.63, 3.8) is 0 Å². The number of sulfonamides is 1. The minimum absolute atomic E-state index is 0.0511. The maximum Gasteiger partial charge on any atom is 0.261 e. The highest BCUT2D eigenvalue weighted by Crippen LogP contribution is 2.20. The molecule has 6 nitrogen and oxygen atoms in total. The number of rotatable bonds is 7. The summed E-state index contributed by atoms with van der Waals surface area (Å²) < 4.78 is 28.2. The summed E-state index contributed by atoms with van der Waals surface area (Å²) in [6.45, 7) is 4.21. The summed E-state index contributed by atoms with van der Waals surface area (Å²) in [7, 11) is -2.11. The SMILES string of the molecule is Cc1ccc(NS(=O)(=O)c2ccc(C)c(C(=O)N(C)CCc3ccccn3)c2)cc1. The lowest BCUT2D eigenvalue weighted by molar-refractivity contribution is 0.0795. The lowest BCUT2D eigenvalue weighted by atomic mass is 10.1. The maximum absolute atomic E-state index is 13.0. The summed E-state index contributed by atoms with van der Waals surface area (Å²) in [5.41, 5.74) is 3.49. The molecule has 2 aromatic carbocycles. The number of carbonyl (C=O) groups is 1. The lowest BCUT2D eigenvalue weighted by Gasteiger charge is -2.19. The second-order valence-electron chi connectivity index (χ2n) is 7.25. The van der Waals surface area contributed by atoms with Crippen molar-refractivity contribution in [2.45, 2.75) is 25.2 Å². The molecule has 0 aliphatic rings. The zero-order chi connectivity index (χ0) is 21.7. The Labute approximate surface area is 177 Å². The van der Waals surface area contributed by atoms with Crippen LogP contribution in [0, 0.1) is 13.8 Å². The third-order valence-corrected chi connectivity index (χ3v) is 6.21. The van der Waals surface area contributed by atoms with E-state index in [4.69, 9.17) is 0 Å². The second kappa shape index (κ2) is 9.09. The van der Waals surface area contributed by atoms with Gasteiger partial charge in [-0.15, -0.1) is 0 Å². The molecule has 0 aliphatic carbocycles. The van der Waals surface area contributed by atoms with Gasteiger partial charge in [0.1, 0.15) is 0 Å². The number of hydrogen-bond acceptors (Lipinski definition) is 4. The fourth-order valence-corrected chi connectivity index (χ4v) is 4.05. The van der Waals surface area contributed by atoms with Crippen molar-refractivity contribution < 1.29 is 13.2 Å². The number of likely N-dealkylation sites (N-methyl/N-ethyl adjacent to an activating group) is 1. The van der Waals surface area contributed by atoms with E-state index in [2.05, 4.69) is 9.71 Å². The molecule has 0 saturated carbocycles. The number of hydrogen-bond donors (Lipinski definition) is 1. The first kappa shape index (κ1) is 21.5. The molecule has 30 heavy (non-hydrogen) atoms. The van der Waals surface area contributed by atoms with Gasteiger partial charge in [-0.2, -0.15) is 0 Å². The summed E-state index contributed by atoms with van der Waals surface area (Å²) >= 11 is 0. The first-order valence-electron chi connectivity index (χ1n) is 9.62. The van der Waals surface area contributed by atoms with Gasteiger partial charge in [-0.1, -0.05) is 29.8 Å². The van der Waals surface area contributed by atoms with Crippen LogP contribution in [0.15, 0.2) is 71.8 Å². The summed E-state index contributed by atoms with van der Waals surface area (Å²) in [5, 5.41) is 0. The number of pyridine rings is 1. The Balaban J connectivity index is 1.78. The highest BCUT2D eigenvalue weighted by atomic mass is 32.2. The van der Waals surface area contributed by atoms with E-state index in [0.29, 0.717) is 24.2 Å². The zero-order valence-electron chi connectivity index (χ0n) is 17.3. The van der Waals surface area contributed by atoms with Crippen LogP contribution in [0.5, 0.6) is 0 Å². The third kappa shape index (κ3) is 5.24. The minimum Gasteiger partial charge on any atom is -0.341 e. The standard InChI is InChI=1S/C23H25N3O3S/c1-17-7-10-20(11-8-17)25-30(28,29)21-12-9-18(2)22(16-21)23(27)26(3)15-13-19-6-4-5-14-24-19/h4-12,14,16,25H,13,15H2,1-3H3. The molecular formula is C23H25N3O3S. The average molecular weight is 424 g/mol. The summed E-state index contributed by atoms with van der Waals surface area (Å²) in [4.78, 5) is 18.9. The molecule has 0 spiro atoms. The molecule has 0 fully saturated rings. The predicted octanol–water partition coefficient (Wildman–Crippen LogP) is 3.81. The molecule has 0 saturated heterocycles. The van der Waals surface area contributed by atoms with Crippen LogP contribution >= 0.6 is 0 Å². The van der Waals surface area contributed by atoms with Crippen LogP contribution in [0.1, 0.15) is 27.2 Å². The largest absolute Gasteiger partial charge is 0.341 e. The van der Waals surface area contributed by atoms with Gasteiger partial charge in [0.05, 0.1) is 4.90 Å². The molecule has 3 rings (SSSR count). The summed E-state index contributed by atoms with van der Waals surface area (Å²) in [6.07, 6.45) is 2.34. The number of amides is 1. The van der Waals surface area contributed by atoms with Gasteiger partial charge in [0.25, 0.3) is 15.9 Å². The highest BCUT2D eigenvalue weighted by Gasteiger charge is 2.20. The van der Waals surface area contributed by atoms with Crippen LogP contribution in [0.2, 0.25) is 0 Å². The fraction of sp³-hybridized carbons (Fsp3) is 0.217. The van der Waals surface area contributed by atoms with Gasteiger partial charge in [-0.3, -0.25) is 14.5 Å². The van der Waals surface area contributed by atoms with Crippen molar-refractivity contribution in [3.8, 4) is 0 Å². The van der Waals surface area contributed by atoms with E-state index in [0.717, 1.165) is 16.8 Å². The predicted molar refractivity (Wildman–Crippen MR) is 118 cm³/mol. The molecular weight excluding hydrogens is 398 g/mol. The molecule has 0 bridgehead atoms. The van der Waals surface area contributed by atoms with Gasteiger partial charge in [0, 0.05) is 43.2 Å². The molecule has 0 aliphatic heterocycles. The van der Waals surface area contributed by atoms with Gasteiger partial charge >= 0.3 is 0 Å². The molecule has 1 heterocycles. The lowest BCUT2D eigenvalue weighted by Crippen LogP contribution is -2.29. The van der Waals surface area contributed by atoms with E-state index in [-0.39, 0.29) is 10.8 Å². The number of nitrogens with one attached hydrogen (secondary N) is 1. The van der Waals surface area contributed by atoms with Crippen LogP contribution in [0.3, 0.4) is 0 Å². The van der Waals surface area contributed by atoms with Crippen molar-refractivity contribution in [3.05, 3.63) is 89.2 Å². The van der Waals surface area contributed by atoms with Crippen LogP contribution in [0.25, 0.3) is 0 Å². The Kier molecular flexibility index (Phi) is 6.52. The second-order valence-corrected chi connectivity index (χ2v) is 8.93. The molecule has 3 aromatic rings. The Hall–Kier alpha value is -3.19. The van der Waals surface area contributed by atoms with Crippen molar-refractivity contribution in [1.82, 2.24) is 9.88 Å². The minimum atomic E-state index is -3.81. The molecule has 1 amide bonds. The highest BCUT2D eigenvalue weighted by molar-refractivity contribution is 7.92. The number of anilines is 1. The first-order chi connectivity index (χ1) is 14.3. The maximum atomic E-state index is 13.0. The zero-order valence-corrected chi connectivity index (χ0v) is 18.1. The smallest absolute Gasteiger partial charge is 0.261 e. The van der Waals surface area contributed by atoms with Gasteiger partial charge in [0.2, 0.25) is 0 Å². The van der Waals surface area contributed by atoms with Crippen molar-refractivity contribution in [2.75, 3.05) is 18.3 Å². The summed E-state index contributed by atoms with van der Waals surface area (Å²) in [6, 6.07) is 17.3. The third-order valence-electron chi connectivity index (χ3n) is 4.83. The van der Waals surface area contributed by atoms with Gasteiger partial charge in [-0.05, 0) is 55.8 Å². The topological polar surface area (TPSA) is 79.4 Å². The molecule has 0 radical (unpaired) electrons. The van der Waals surface area contributed by atoms with E-state index in [9.17, 15) is 13.2 Å². The number of benzene rings is 2. The number of aryl methyl sites for hydroxylation is 2. The first-order valence-corrected chi connectivity index (χ1v) is 11.1. The molecule has 0 unspecified atom stereocenters. The average Bonchev–Trinajstić information content (AvgIpc) is 2.74. The number of carbonyl (C=O) groups excluding carboxylic acids is 1. The molecule has 7 heteroatoms. The van der Waals surface area contributed by atoms with Crippen molar-refractivity contribution in [2.24, 2.45) is 0 Å². The Bertz CT molecular complexity index is 1130. The normalized spacial score (nSPS) is 11.2. The van der Waals surface area contributed by atoms with Gasteiger partial charge in [-0.25, -0.2) is 8.42 Å². The van der Waals surface area contributed by atoms with Crippen LogP contribution in [-0.2, 0) is 16.4 Å². The van der Waals surface area contributed by atoms with Crippen molar-refractivity contribution in [1.29, 1.82) is 0 Å². The van der Waals surface area contributed by atoms with Gasteiger partial charge < -0.3 is 4.90 Å². The molecule has 156 valence electrons. The van der Waals surface area contributed by atoms with E-state index < -0.39 is 10.0 Å². The van der Waals surface area contributed by atoms with Crippen molar-refractivity contribution >= 4 is 21.6 Å². The monoisotopic (exact) mass is 423 g/mol. The Morgan fingerprint density at radius 3 is 2.43 bits per heavy atom. The Morgan fingerprint density at radius 1 is 1.03 bits per heavy atom. The van der Waals surface area contributed by atoms with E-state index >= 15 is 0 Å². The van der Waals surface area contributed by atoms with Gasteiger partial charge in [0.15, 0.2) is 0 Å². The van der Waals surface area contributed by atoms with E-state index in [1.807, 2.05) is 37.3 Å². The Morgan fingerprint density at radius 2 is 1.77 bits per heavy atom.